The van der Waals surface area contributed by atoms with Crippen LogP contribution < -0.4 is 11.1 Å². The van der Waals surface area contributed by atoms with Crippen LogP contribution in [-0.4, -0.2) is 41.4 Å². The minimum atomic E-state index is -0.437. The summed E-state index contributed by atoms with van der Waals surface area (Å²) in [5.41, 5.74) is 6.31. The van der Waals surface area contributed by atoms with Gasteiger partial charge in [-0.2, -0.15) is 0 Å². The Morgan fingerprint density at radius 3 is 2.95 bits per heavy atom. The molecule has 7 heteroatoms. The number of nitrogens with zero attached hydrogens (tertiary/aromatic N) is 2. The summed E-state index contributed by atoms with van der Waals surface area (Å²) in [4.78, 5) is 24.3. The summed E-state index contributed by atoms with van der Waals surface area (Å²) in [6.45, 7) is 1.72. The number of nitrogens with one attached hydrogen (secondary N) is 1. The van der Waals surface area contributed by atoms with E-state index in [1.807, 2.05) is 0 Å². The van der Waals surface area contributed by atoms with Crippen molar-refractivity contribution in [1.82, 2.24) is 4.90 Å². The van der Waals surface area contributed by atoms with E-state index < -0.39 is 4.92 Å². The van der Waals surface area contributed by atoms with E-state index in [0.29, 0.717) is 25.2 Å². The third kappa shape index (κ3) is 4.16. The summed E-state index contributed by atoms with van der Waals surface area (Å²) in [6, 6.07) is 6.48. The molecule has 0 saturated carbocycles. The molecule has 1 unspecified atom stereocenters. The van der Waals surface area contributed by atoms with Gasteiger partial charge in [-0.1, -0.05) is 12.1 Å². The van der Waals surface area contributed by atoms with Gasteiger partial charge in [0.2, 0.25) is 5.91 Å². The van der Waals surface area contributed by atoms with Crippen LogP contribution >= 0.6 is 0 Å². The summed E-state index contributed by atoms with van der Waals surface area (Å²) < 4.78 is 0. The average molecular weight is 292 g/mol. The van der Waals surface area contributed by atoms with Gasteiger partial charge in [0.05, 0.1) is 4.92 Å². The first kappa shape index (κ1) is 15.2. The lowest BCUT2D eigenvalue weighted by atomic mass is 10.1. The van der Waals surface area contributed by atoms with Crippen molar-refractivity contribution < 1.29 is 9.72 Å². The fourth-order valence-electron chi connectivity index (χ4n) is 2.48. The van der Waals surface area contributed by atoms with Crippen LogP contribution in [0.1, 0.15) is 19.3 Å². The molecule has 0 spiro atoms. The Balaban J connectivity index is 1.84. The number of nitro benzene ring substituents is 1. The monoisotopic (exact) mass is 292 g/mol. The van der Waals surface area contributed by atoms with Crippen LogP contribution in [-0.2, 0) is 4.79 Å². The fraction of sp³-hybridized carbons (Fsp3) is 0.500. The van der Waals surface area contributed by atoms with Crippen molar-refractivity contribution in [1.29, 1.82) is 0 Å². The first-order chi connectivity index (χ1) is 10.1. The Bertz CT molecular complexity index is 521. The summed E-state index contributed by atoms with van der Waals surface area (Å²) >= 11 is 0. The number of anilines is 1. The third-order valence-corrected chi connectivity index (χ3v) is 3.57. The van der Waals surface area contributed by atoms with Gasteiger partial charge in [-0.3, -0.25) is 14.9 Å². The Kier molecular flexibility index (Phi) is 5.10. The lowest BCUT2D eigenvalue weighted by Crippen LogP contribution is -2.46. The van der Waals surface area contributed by atoms with E-state index in [1.165, 1.54) is 6.07 Å². The van der Waals surface area contributed by atoms with Crippen molar-refractivity contribution >= 4 is 17.3 Å². The van der Waals surface area contributed by atoms with Gasteiger partial charge < -0.3 is 16.0 Å². The van der Waals surface area contributed by atoms with Crippen molar-refractivity contribution in [3.8, 4) is 0 Å². The normalized spacial score (nSPS) is 18.3. The highest BCUT2D eigenvalue weighted by Gasteiger charge is 2.21. The van der Waals surface area contributed by atoms with Crippen LogP contribution in [0.15, 0.2) is 24.3 Å². The highest BCUT2D eigenvalue weighted by Crippen LogP contribution is 2.23. The molecule has 1 aliphatic rings. The maximum Gasteiger partial charge on any atom is 0.292 e. The van der Waals surface area contributed by atoms with E-state index in [-0.39, 0.29) is 17.6 Å². The highest BCUT2D eigenvalue weighted by atomic mass is 16.6. The zero-order valence-corrected chi connectivity index (χ0v) is 11.8. The number of para-hydroxylation sites is 2. The molecule has 0 aromatic heterocycles. The predicted octanol–water partition coefficient (Wildman–Crippen LogP) is 1.35. The largest absolute Gasteiger partial charge is 0.379 e. The topological polar surface area (TPSA) is 102 Å². The molecular formula is C14H20N4O3. The number of hydrogen-bond acceptors (Lipinski definition) is 5. The molecule has 1 aliphatic heterocycles. The molecule has 114 valence electrons. The molecule has 1 fully saturated rings. The number of carbonyl (C=O) groups excluding carboxylic acids is 1. The number of nitrogens with two attached hydrogens (primary N) is 1. The number of benzene rings is 1. The van der Waals surface area contributed by atoms with E-state index >= 15 is 0 Å². The van der Waals surface area contributed by atoms with E-state index in [2.05, 4.69) is 5.32 Å². The second-order valence-corrected chi connectivity index (χ2v) is 5.19. The number of piperidine rings is 1. The minimum absolute atomic E-state index is 0.0185. The quantitative estimate of drug-likeness (QED) is 0.630. The molecule has 0 radical (unpaired) electrons. The molecule has 7 nitrogen and oxygen atoms in total. The molecule has 1 aromatic rings. The molecule has 1 heterocycles. The molecule has 3 N–H and O–H groups in total. The number of rotatable bonds is 5. The van der Waals surface area contributed by atoms with E-state index in [9.17, 15) is 14.9 Å². The predicted molar refractivity (Wildman–Crippen MR) is 80.0 cm³/mol. The number of carbonyl (C=O) groups is 1. The van der Waals surface area contributed by atoms with E-state index in [1.54, 1.807) is 23.1 Å². The van der Waals surface area contributed by atoms with Crippen LogP contribution in [0.4, 0.5) is 11.4 Å². The van der Waals surface area contributed by atoms with Gasteiger partial charge in [0.1, 0.15) is 5.69 Å². The van der Waals surface area contributed by atoms with Gasteiger partial charge in [-0.15, -0.1) is 0 Å². The zero-order valence-electron chi connectivity index (χ0n) is 11.8. The first-order valence-corrected chi connectivity index (χ1v) is 7.08. The molecular weight excluding hydrogens is 272 g/mol. The Labute approximate surface area is 123 Å². The Morgan fingerprint density at radius 2 is 2.24 bits per heavy atom. The van der Waals surface area contributed by atoms with Gasteiger partial charge in [0.25, 0.3) is 5.69 Å². The molecule has 1 atom stereocenters. The molecule has 1 amide bonds. The van der Waals surface area contributed by atoms with Gasteiger partial charge in [0, 0.05) is 38.2 Å². The van der Waals surface area contributed by atoms with Gasteiger partial charge in [-0.25, -0.2) is 0 Å². The van der Waals surface area contributed by atoms with Gasteiger partial charge >= 0.3 is 0 Å². The van der Waals surface area contributed by atoms with Crippen LogP contribution in [0, 0.1) is 10.1 Å². The third-order valence-electron chi connectivity index (χ3n) is 3.57. The second kappa shape index (κ2) is 7.03. The maximum absolute atomic E-state index is 12.0. The average Bonchev–Trinajstić information content (AvgIpc) is 2.47. The van der Waals surface area contributed by atoms with Crippen molar-refractivity contribution in [2.45, 2.75) is 25.3 Å². The van der Waals surface area contributed by atoms with Gasteiger partial charge in [0.15, 0.2) is 0 Å². The summed E-state index contributed by atoms with van der Waals surface area (Å²) in [5.74, 6) is 0.0382. The van der Waals surface area contributed by atoms with Crippen LogP contribution in [0.2, 0.25) is 0 Å². The maximum atomic E-state index is 12.0. The standard InChI is InChI=1S/C14H20N4O3/c15-11-4-3-9-17(10-11)14(19)7-8-16-12-5-1-2-6-13(12)18(20)21/h1-2,5-6,11,16H,3-4,7-10,15H2. The number of hydrogen-bond donors (Lipinski definition) is 2. The Hall–Kier alpha value is -2.15. The minimum Gasteiger partial charge on any atom is -0.379 e. The lowest BCUT2D eigenvalue weighted by Gasteiger charge is -2.30. The number of amides is 1. The van der Waals surface area contributed by atoms with Crippen molar-refractivity contribution in [2.75, 3.05) is 25.0 Å². The van der Waals surface area contributed by atoms with Gasteiger partial charge in [-0.05, 0) is 18.9 Å². The van der Waals surface area contributed by atoms with Crippen LogP contribution in [0.3, 0.4) is 0 Å². The molecule has 2 rings (SSSR count). The summed E-state index contributed by atoms with van der Waals surface area (Å²) in [5, 5.41) is 13.8. The lowest BCUT2D eigenvalue weighted by molar-refractivity contribution is -0.384. The molecule has 1 saturated heterocycles. The number of likely N-dealkylation sites (tertiary alicyclic amines) is 1. The number of nitro groups is 1. The molecule has 1 aromatic carbocycles. The molecule has 0 bridgehead atoms. The Morgan fingerprint density at radius 1 is 1.48 bits per heavy atom. The SMILES string of the molecule is NC1CCCN(C(=O)CCNc2ccccc2[N+](=O)[O-])C1. The second-order valence-electron chi connectivity index (χ2n) is 5.19. The van der Waals surface area contributed by atoms with Crippen LogP contribution in [0.5, 0.6) is 0 Å². The zero-order chi connectivity index (χ0) is 15.2. The van der Waals surface area contributed by atoms with Crippen molar-refractivity contribution in [3.63, 3.8) is 0 Å². The van der Waals surface area contributed by atoms with Crippen molar-refractivity contribution in [3.05, 3.63) is 34.4 Å². The summed E-state index contributed by atoms with van der Waals surface area (Å²) in [7, 11) is 0. The molecule has 0 aliphatic carbocycles. The summed E-state index contributed by atoms with van der Waals surface area (Å²) in [6.07, 6.45) is 2.20. The van der Waals surface area contributed by atoms with E-state index in [0.717, 1.165) is 19.4 Å². The highest BCUT2D eigenvalue weighted by molar-refractivity contribution is 5.77. The fourth-order valence-corrected chi connectivity index (χ4v) is 2.48. The van der Waals surface area contributed by atoms with Crippen LogP contribution in [0.25, 0.3) is 0 Å². The molecule has 21 heavy (non-hydrogen) atoms. The van der Waals surface area contributed by atoms with E-state index in [4.69, 9.17) is 5.73 Å². The smallest absolute Gasteiger partial charge is 0.292 e. The van der Waals surface area contributed by atoms with Crippen molar-refractivity contribution in [2.24, 2.45) is 5.73 Å². The first-order valence-electron chi connectivity index (χ1n) is 7.08.